The fraction of sp³-hybridized carbons (Fsp3) is 0.409. The highest BCUT2D eigenvalue weighted by atomic mass is 32.1. The maximum Gasteiger partial charge on any atom is 0.257 e. The van der Waals surface area contributed by atoms with Gasteiger partial charge in [-0.3, -0.25) is 10.1 Å². The van der Waals surface area contributed by atoms with Gasteiger partial charge in [-0.1, -0.05) is 26.2 Å². The normalized spacial score (nSPS) is 12.1. The van der Waals surface area contributed by atoms with Crippen LogP contribution >= 0.6 is 23.6 Å². The number of carbonyl (C=O) groups is 1. The largest absolute Gasteiger partial charge is 0.494 e. The molecule has 0 unspecified atom stereocenters. The van der Waals surface area contributed by atoms with E-state index in [1.165, 1.54) is 24.1 Å². The molecular weight excluding hydrogens is 402 g/mol. The van der Waals surface area contributed by atoms with Gasteiger partial charge in [-0.15, -0.1) is 11.3 Å². The second-order valence-corrected chi connectivity index (χ2v) is 8.53. The third kappa shape index (κ3) is 5.55. The van der Waals surface area contributed by atoms with E-state index in [9.17, 15) is 10.1 Å². The molecule has 7 heteroatoms. The zero-order chi connectivity index (χ0) is 20.6. The average Bonchev–Trinajstić information content (AvgIpc) is 3.28. The summed E-state index contributed by atoms with van der Waals surface area (Å²) >= 11 is 6.82. The molecule has 0 aliphatic heterocycles. The minimum Gasteiger partial charge on any atom is -0.494 e. The van der Waals surface area contributed by atoms with Crippen molar-refractivity contribution in [1.82, 2.24) is 5.32 Å². The summed E-state index contributed by atoms with van der Waals surface area (Å²) in [5, 5.41) is 16.1. The first-order chi connectivity index (χ1) is 14.1. The monoisotopic (exact) mass is 427 g/mol. The zero-order valence-corrected chi connectivity index (χ0v) is 18.2. The number of amides is 1. The van der Waals surface area contributed by atoms with Crippen molar-refractivity contribution in [1.29, 1.82) is 5.26 Å². The van der Waals surface area contributed by atoms with Gasteiger partial charge < -0.3 is 10.1 Å². The van der Waals surface area contributed by atoms with Crippen molar-refractivity contribution in [3.05, 3.63) is 45.8 Å². The van der Waals surface area contributed by atoms with Gasteiger partial charge in [0.15, 0.2) is 5.11 Å². The molecule has 0 saturated heterocycles. The number of nitrogens with zero attached hydrogens (tertiary/aromatic N) is 1. The van der Waals surface area contributed by atoms with E-state index in [0.29, 0.717) is 22.7 Å². The molecule has 0 bridgehead atoms. The molecule has 1 aromatic heterocycles. The summed E-state index contributed by atoms with van der Waals surface area (Å²) in [7, 11) is 0. The van der Waals surface area contributed by atoms with Gasteiger partial charge in [0, 0.05) is 10.4 Å². The zero-order valence-electron chi connectivity index (χ0n) is 16.5. The third-order valence-corrected chi connectivity index (χ3v) is 6.28. The van der Waals surface area contributed by atoms with E-state index in [4.69, 9.17) is 17.0 Å². The van der Waals surface area contributed by atoms with Crippen molar-refractivity contribution in [2.24, 2.45) is 0 Å². The number of unbranched alkanes of at least 4 members (excludes halogenated alkanes) is 3. The molecule has 0 radical (unpaired) electrons. The van der Waals surface area contributed by atoms with E-state index in [1.54, 1.807) is 35.6 Å². The quantitative estimate of drug-likeness (QED) is 0.448. The lowest BCUT2D eigenvalue weighted by Gasteiger charge is -2.10. The molecule has 1 aliphatic carbocycles. The number of benzene rings is 1. The molecule has 0 saturated carbocycles. The number of thiophene rings is 1. The molecule has 2 aromatic rings. The Kier molecular flexibility index (Phi) is 7.62. The van der Waals surface area contributed by atoms with Crippen LogP contribution in [0.15, 0.2) is 24.3 Å². The first-order valence-corrected chi connectivity index (χ1v) is 11.2. The van der Waals surface area contributed by atoms with Crippen LogP contribution in [-0.4, -0.2) is 17.6 Å². The van der Waals surface area contributed by atoms with Gasteiger partial charge in [0.25, 0.3) is 5.91 Å². The molecule has 2 N–H and O–H groups in total. The summed E-state index contributed by atoms with van der Waals surface area (Å²) in [4.78, 5) is 13.7. The third-order valence-electron chi connectivity index (χ3n) is 4.87. The Balaban J connectivity index is 1.51. The molecule has 1 aliphatic rings. The molecule has 1 aromatic carbocycles. The van der Waals surface area contributed by atoms with Crippen LogP contribution in [0.5, 0.6) is 5.75 Å². The van der Waals surface area contributed by atoms with Crippen LogP contribution in [0.4, 0.5) is 5.00 Å². The van der Waals surface area contributed by atoms with E-state index in [-0.39, 0.29) is 11.0 Å². The van der Waals surface area contributed by atoms with Gasteiger partial charge in [-0.2, -0.15) is 5.26 Å². The van der Waals surface area contributed by atoms with Crippen LogP contribution in [-0.2, 0) is 12.8 Å². The second kappa shape index (κ2) is 10.4. The smallest absolute Gasteiger partial charge is 0.257 e. The van der Waals surface area contributed by atoms with Crippen molar-refractivity contribution >= 4 is 39.6 Å². The predicted octanol–water partition coefficient (Wildman–Crippen LogP) is 5.19. The van der Waals surface area contributed by atoms with E-state index in [1.807, 2.05) is 0 Å². The Morgan fingerprint density at radius 3 is 2.76 bits per heavy atom. The molecular formula is C22H25N3O2S2. The van der Waals surface area contributed by atoms with Gasteiger partial charge in [0.1, 0.15) is 16.8 Å². The van der Waals surface area contributed by atoms with Crippen LogP contribution in [0.1, 0.15) is 65.4 Å². The number of ether oxygens (including phenoxy) is 1. The summed E-state index contributed by atoms with van der Waals surface area (Å²) in [6.45, 7) is 2.87. The maximum absolute atomic E-state index is 12.4. The van der Waals surface area contributed by atoms with Gasteiger partial charge in [-0.05, 0) is 67.7 Å². The molecule has 5 nitrogen and oxygen atoms in total. The predicted molar refractivity (Wildman–Crippen MR) is 121 cm³/mol. The number of hydrogen-bond donors (Lipinski definition) is 2. The number of nitriles is 1. The number of hydrogen-bond acceptors (Lipinski definition) is 5. The minimum absolute atomic E-state index is 0.197. The average molecular weight is 428 g/mol. The first kappa shape index (κ1) is 21.3. The SMILES string of the molecule is CCCCCCOc1ccc(C(=O)NC(=S)Nc2sc3c(c2C#N)CCC3)cc1. The summed E-state index contributed by atoms with van der Waals surface area (Å²) < 4.78 is 5.70. The molecule has 1 heterocycles. The first-order valence-electron chi connectivity index (χ1n) is 10.0. The Morgan fingerprint density at radius 1 is 1.24 bits per heavy atom. The van der Waals surface area contributed by atoms with Crippen LogP contribution in [0, 0.1) is 11.3 Å². The fourth-order valence-corrected chi connectivity index (χ4v) is 4.85. The number of carbonyl (C=O) groups excluding carboxylic acids is 1. The van der Waals surface area contributed by atoms with Gasteiger partial charge in [0.2, 0.25) is 0 Å². The lowest BCUT2D eigenvalue weighted by molar-refractivity contribution is 0.0977. The van der Waals surface area contributed by atoms with Crippen molar-refractivity contribution in [2.45, 2.75) is 51.9 Å². The van der Waals surface area contributed by atoms with E-state index in [0.717, 1.165) is 37.0 Å². The van der Waals surface area contributed by atoms with E-state index in [2.05, 4.69) is 23.6 Å². The highest BCUT2D eigenvalue weighted by Gasteiger charge is 2.22. The van der Waals surface area contributed by atoms with Crippen molar-refractivity contribution in [3.8, 4) is 11.8 Å². The number of anilines is 1. The topological polar surface area (TPSA) is 74.2 Å². The number of fused-ring (bicyclic) bond motifs is 1. The van der Waals surface area contributed by atoms with Gasteiger partial charge >= 0.3 is 0 Å². The van der Waals surface area contributed by atoms with Crippen LogP contribution in [0.25, 0.3) is 0 Å². The Morgan fingerprint density at radius 2 is 2.03 bits per heavy atom. The standard InChI is InChI=1S/C22H25N3O2S2/c1-2-3-4-5-13-27-16-11-9-15(10-12-16)20(26)24-22(28)25-21-18(14-23)17-7-6-8-19(17)29-21/h9-12H,2-8,13H2,1H3,(H2,24,25,26,28). The summed E-state index contributed by atoms with van der Waals surface area (Å²) in [6, 6.07) is 9.29. The summed E-state index contributed by atoms with van der Waals surface area (Å²) in [5.74, 6) is 0.463. The summed E-state index contributed by atoms with van der Waals surface area (Å²) in [6.07, 6.45) is 7.66. The lowest BCUT2D eigenvalue weighted by Crippen LogP contribution is -2.34. The molecule has 1 amide bonds. The number of rotatable bonds is 8. The van der Waals surface area contributed by atoms with E-state index < -0.39 is 0 Å². The van der Waals surface area contributed by atoms with Gasteiger partial charge in [0.05, 0.1) is 12.2 Å². The van der Waals surface area contributed by atoms with Crippen LogP contribution < -0.4 is 15.4 Å². The molecule has 152 valence electrons. The fourth-order valence-electron chi connectivity index (χ4n) is 3.34. The highest BCUT2D eigenvalue weighted by Crippen LogP contribution is 2.38. The molecule has 0 fully saturated rings. The maximum atomic E-state index is 12.4. The summed E-state index contributed by atoms with van der Waals surface area (Å²) in [5.41, 5.74) is 2.28. The number of nitrogens with one attached hydrogen (secondary N) is 2. The molecule has 3 rings (SSSR count). The van der Waals surface area contributed by atoms with Crippen molar-refractivity contribution in [3.63, 3.8) is 0 Å². The van der Waals surface area contributed by atoms with Crippen LogP contribution in [0.3, 0.4) is 0 Å². The van der Waals surface area contributed by atoms with Crippen molar-refractivity contribution < 1.29 is 9.53 Å². The molecule has 0 atom stereocenters. The molecule has 29 heavy (non-hydrogen) atoms. The van der Waals surface area contributed by atoms with Crippen molar-refractivity contribution in [2.75, 3.05) is 11.9 Å². The lowest BCUT2D eigenvalue weighted by atomic mass is 10.1. The Hall–Kier alpha value is -2.43. The second-order valence-electron chi connectivity index (χ2n) is 7.02. The number of aryl methyl sites for hydroxylation is 1. The van der Waals surface area contributed by atoms with E-state index >= 15 is 0 Å². The number of thiocarbonyl (C=S) groups is 1. The van der Waals surface area contributed by atoms with Gasteiger partial charge in [-0.25, -0.2) is 0 Å². The Bertz CT molecular complexity index is 913. The molecule has 0 spiro atoms. The minimum atomic E-state index is -0.292. The highest BCUT2D eigenvalue weighted by molar-refractivity contribution is 7.80. The van der Waals surface area contributed by atoms with Crippen LogP contribution in [0.2, 0.25) is 0 Å². The Labute approximate surface area is 181 Å².